The zero-order valence-corrected chi connectivity index (χ0v) is 11.8. The molecular formula is C14H24N2O3. The van der Waals surface area contributed by atoms with Crippen LogP contribution in [-0.2, 0) is 4.79 Å². The highest BCUT2D eigenvalue weighted by Crippen LogP contribution is 2.37. The van der Waals surface area contributed by atoms with Gasteiger partial charge in [0, 0.05) is 25.6 Å². The molecule has 0 radical (unpaired) electrons. The normalized spacial score (nSPS) is 29.5. The minimum atomic E-state index is -0.773. The highest BCUT2D eigenvalue weighted by Gasteiger charge is 2.34. The van der Waals surface area contributed by atoms with Crippen molar-refractivity contribution in [1.29, 1.82) is 0 Å². The second kappa shape index (κ2) is 5.39. The van der Waals surface area contributed by atoms with Crippen LogP contribution >= 0.6 is 0 Å². The van der Waals surface area contributed by atoms with Crippen molar-refractivity contribution in [3.8, 4) is 0 Å². The Morgan fingerprint density at radius 2 is 2.11 bits per heavy atom. The van der Waals surface area contributed by atoms with Crippen LogP contribution in [0.25, 0.3) is 0 Å². The maximum atomic E-state index is 12.1. The van der Waals surface area contributed by atoms with Crippen LogP contribution in [0, 0.1) is 11.3 Å². The van der Waals surface area contributed by atoms with E-state index in [2.05, 4.69) is 19.2 Å². The summed E-state index contributed by atoms with van der Waals surface area (Å²) in [6, 6.07) is 0.261. The molecule has 0 aromatic carbocycles. The van der Waals surface area contributed by atoms with Crippen LogP contribution in [0.15, 0.2) is 0 Å². The Bertz CT molecular complexity index is 368. The van der Waals surface area contributed by atoms with Gasteiger partial charge in [-0.05, 0) is 37.0 Å². The van der Waals surface area contributed by atoms with E-state index in [1.54, 1.807) is 4.90 Å². The number of carboxylic acids is 1. The smallest absolute Gasteiger partial charge is 0.317 e. The van der Waals surface area contributed by atoms with E-state index in [0.717, 1.165) is 25.7 Å². The third-order valence-electron chi connectivity index (χ3n) is 4.33. The fourth-order valence-electron chi connectivity index (χ4n) is 3.26. The Morgan fingerprint density at radius 1 is 1.37 bits per heavy atom. The molecule has 5 heteroatoms. The first-order chi connectivity index (χ1) is 8.85. The molecule has 5 nitrogen and oxygen atoms in total. The topological polar surface area (TPSA) is 69.6 Å². The van der Waals surface area contributed by atoms with E-state index in [4.69, 9.17) is 5.11 Å². The minimum absolute atomic E-state index is 0.0180. The first-order valence-corrected chi connectivity index (χ1v) is 7.13. The summed E-state index contributed by atoms with van der Waals surface area (Å²) in [5.74, 6) is -0.659. The molecule has 1 aliphatic carbocycles. The molecule has 2 rings (SSSR count). The number of rotatable bonds is 3. The molecule has 2 aliphatic rings. The van der Waals surface area contributed by atoms with Gasteiger partial charge < -0.3 is 15.3 Å². The second-order valence-electron chi connectivity index (χ2n) is 6.75. The average Bonchev–Trinajstić information content (AvgIpc) is 2.85. The van der Waals surface area contributed by atoms with Crippen LogP contribution < -0.4 is 5.32 Å². The number of likely N-dealkylation sites (tertiary alicyclic amines) is 1. The van der Waals surface area contributed by atoms with Crippen molar-refractivity contribution in [2.45, 2.75) is 52.0 Å². The largest absolute Gasteiger partial charge is 0.481 e. The van der Waals surface area contributed by atoms with E-state index in [-0.39, 0.29) is 24.4 Å². The molecule has 0 aromatic heterocycles. The minimum Gasteiger partial charge on any atom is -0.481 e. The van der Waals surface area contributed by atoms with Crippen molar-refractivity contribution in [2.24, 2.45) is 11.3 Å². The summed E-state index contributed by atoms with van der Waals surface area (Å²) in [7, 11) is 0. The lowest BCUT2D eigenvalue weighted by Crippen LogP contribution is -2.43. The number of carboxylic acid groups (broad SMARTS) is 1. The highest BCUT2D eigenvalue weighted by atomic mass is 16.4. The number of nitrogens with zero attached hydrogens (tertiary/aromatic N) is 1. The lowest BCUT2D eigenvalue weighted by Gasteiger charge is -2.22. The summed E-state index contributed by atoms with van der Waals surface area (Å²) < 4.78 is 0. The van der Waals surface area contributed by atoms with Crippen molar-refractivity contribution in [1.82, 2.24) is 10.2 Å². The van der Waals surface area contributed by atoms with E-state index in [1.807, 2.05) is 0 Å². The quantitative estimate of drug-likeness (QED) is 0.823. The van der Waals surface area contributed by atoms with Crippen LogP contribution in [0.5, 0.6) is 0 Å². The molecule has 2 unspecified atom stereocenters. The van der Waals surface area contributed by atoms with Gasteiger partial charge in [0.1, 0.15) is 0 Å². The van der Waals surface area contributed by atoms with Crippen LogP contribution in [0.3, 0.4) is 0 Å². The number of carbonyl (C=O) groups excluding carboxylic acids is 1. The molecule has 1 aliphatic heterocycles. The van der Waals surface area contributed by atoms with Gasteiger partial charge in [0.15, 0.2) is 0 Å². The molecule has 0 spiro atoms. The van der Waals surface area contributed by atoms with E-state index in [1.165, 1.54) is 0 Å². The fourth-order valence-corrected chi connectivity index (χ4v) is 3.26. The Labute approximate surface area is 114 Å². The van der Waals surface area contributed by atoms with Gasteiger partial charge in [-0.15, -0.1) is 0 Å². The molecule has 19 heavy (non-hydrogen) atoms. The zero-order chi connectivity index (χ0) is 14.0. The van der Waals surface area contributed by atoms with Gasteiger partial charge in [0.25, 0.3) is 0 Å². The standard InChI is InChI=1S/C14H24N2O3/c1-14(2)5-3-11(8-14)15-13(19)16-6-4-10(9-16)7-12(17)18/h10-11H,3-9H2,1-2H3,(H,15,19)(H,17,18). The third-order valence-corrected chi connectivity index (χ3v) is 4.33. The number of aliphatic carboxylic acids is 1. The highest BCUT2D eigenvalue weighted by molar-refractivity contribution is 5.75. The van der Waals surface area contributed by atoms with Gasteiger partial charge in [0.05, 0.1) is 0 Å². The van der Waals surface area contributed by atoms with Crippen molar-refractivity contribution < 1.29 is 14.7 Å². The molecule has 2 N–H and O–H groups in total. The molecule has 1 heterocycles. The molecule has 108 valence electrons. The van der Waals surface area contributed by atoms with Crippen molar-refractivity contribution in [2.75, 3.05) is 13.1 Å². The maximum absolute atomic E-state index is 12.1. The predicted molar refractivity (Wildman–Crippen MR) is 71.9 cm³/mol. The van der Waals surface area contributed by atoms with Gasteiger partial charge in [-0.1, -0.05) is 13.8 Å². The van der Waals surface area contributed by atoms with Gasteiger partial charge in [-0.2, -0.15) is 0 Å². The SMILES string of the molecule is CC1(C)CCC(NC(=O)N2CCC(CC(=O)O)C2)C1. The van der Waals surface area contributed by atoms with Crippen molar-refractivity contribution in [3.63, 3.8) is 0 Å². The number of hydrogen-bond donors (Lipinski definition) is 2. The summed E-state index contributed by atoms with van der Waals surface area (Å²) >= 11 is 0. The molecule has 1 saturated carbocycles. The first kappa shape index (κ1) is 14.2. The number of carbonyl (C=O) groups is 2. The molecule has 1 saturated heterocycles. The van der Waals surface area contributed by atoms with E-state index in [0.29, 0.717) is 18.5 Å². The lowest BCUT2D eigenvalue weighted by molar-refractivity contribution is -0.138. The van der Waals surface area contributed by atoms with E-state index in [9.17, 15) is 9.59 Å². The maximum Gasteiger partial charge on any atom is 0.317 e. The fraction of sp³-hybridized carbons (Fsp3) is 0.857. The van der Waals surface area contributed by atoms with Crippen molar-refractivity contribution >= 4 is 12.0 Å². The third kappa shape index (κ3) is 3.85. The Morgan fingerprint density at radius 3 is 2.68 bits per heavy atom. The van der Waals surface area contributed by atoms with Gasteiger partial charge in [-0.3, -0.25) is 4.79 Å². The first-order valence-electron chi connectivity index (χ1n) is 7.13. The van der Waals surface area contributed by atoms with Crippen LogP contribution in [0.4, 0.5) is 4.79 Å². The molecule has 2 fully saturated rings. The second-order valence-corrected chi connectivity index (χ2v) is 6.75. The number of nitrogens with one attached hydrogen (secondary N) is 1. The Balaban J connectivity index is 1.77. The average molecular weight is 268 g/mol. The number of hydrogen-bond acceptors (Lipinski definition) is 2. The van der Waals surface area contributed by atoms with Crippen molar-refractivity contribution in [3.05, 3.63) is 0 Å². The molecule has 0 bridgehead atoms. The summed E-state index contributed by atoms with van der Waals surface area (Å²) in [5.41, 5.74) is 0.328. The monoisotopic (exact) mass is 268 g/mol. The Hall–Kier alpha value is -1.26. The predicted octanol–water partition coefficient (Wildman–Crippen LogP) is 2.07. The molecular weight excluding hydrogens is 244 g/mol. The summed E-state index contributed by atoms with van der Waals surface area (Å²) in [4.78, 5) is 24.5. The summed E-state index contributed by atoms with van der Waals surface area (Å²) in [5, 5.41) is 11.9. The van der Waals surface area contributed by atoms with E-state index < -0.39 is 5.97 Å². The zero-order valence-electron chi connectivity index (χ0n) is 11.8. The van der Waals surface area contributed by atoms with Crippen LogP contribution in [0.1, 0.15) is 46.0 Å². The number of amides is 2. The van der Waals surface area contributed by atoms with Crippen LogP contribution in [-0.4, -0.2) is 41.1 Å². The lowest BCUT2D eigenvalue weighted by atomic mass is 9.92. The molecule has 2 atom stereocenters. The molecule has 0 aromatic rings. The van der Waals surface area contributed by atoms with Gasteiger partial charge >= 0.3 is 12.0 Å². The van der Waals surface area contributed by atoms with Gasteiger partial charge in [0.2, 0.25) is 0 Å². The summed E-state index contributed by atoms with van der Waals surface area (Å²) in [6.07, 6.45) is 4.20. The number of urea groups is 1. The Kier molecular flexibility index (Phi) is 4.02. The summed E-state index contributed by atoms with van der Waals surface area (Å²) in [6.45, 7) is 5.73. The molecule has 2 amide bonds. The van der Waals surface area contributed by atoms with Gasteiger partial charge in [-0.25, -0.2) is 4.79 Å². The van der Waals surface area contributed by atoms with E-state index >= 15 is 0 Å². The van der Waals surface area contributed by atoms with Crippen LogP contribution in [0.2, 0.25) is 0 Å².